The second kappa shape index (κ2) is 6.14. The summed E-state index contributed by atoms with van der Waals surface area (Å²) in [4.78, 5) is 9.35. The summed E-state index contributed by atoms with van der Waals surface area (Å²) in [6.45, 7) is 2.26. The van der Waals surface area contributed by atoms with E-state index in [2.05, 4.69) is 40.0 Å². The molecule has 1 aliphatic rings. The van der Waals surface area contributed by atoms with Crippen molar-refractivity contribution in [2.75, 3.05) is 5.73 Å². The highest BCUT2D eigenvalue weighted by atomic mass is 79.9. The van der Waals surface area contributed by atoms with Gasteiger partial charge in [-0.3, -0.25) is 0 Å². The molecule has 2 unspecified atom stereocenters. The number of nitrogens with two attached hydrogens (primary N) is 1. The van der Waals surface area contributed by atoms with Crippen LogP contribution in [-0.4, -0.2) is 9.97 Å². The molecular formula is C17H20BrN3. The zero-order valence-corrected chi connectivity index (χ0v) is 13.8. The fourth-order valence-electron chi connectivity index (χ4n) is 3.13. The van der Waals surface area contributed by atoms with Crippen molar-refractivity contribution in [3.05, 3.63) is 40.6 Å². The Labute approximate surface area is 134 Å². The quantitative estimate of drug-likeness (QED) is 0.870. The van der Waals surface area contributed by atoms with Crippen LogP contribution in [0.25, 0.3) is 11.3 Å². The van der Waals surface area contributed by atoms with Crippen LogP contribution in [0.4, 0.5) is 5.82 Å². The first kappa shape index (κ1) is 14.5. The molecule has 1 aliphatic carbocycles. The minimum Gasteiger partial charge on any atom is -0.383 e. The fourth-order valence-corrected chi connectivity index (χ4v) is 3.54. The lowest BCUT2D eigenvalue weighted by molar-refractivity contribution is 0.517. The van der Waals surface area contributed by atoms with Crippen molar-refractivity contribution in [3.63, 3.8) is 0 Å². The average Bonchev–Trinajstić information content (AvgIpc) is 3.00. The number of aromatic nitrogens is 2. The molecule has 0 amide bonds. The van der Waals surface area contributed by atoms with Crippen molar-refractivity contribution in [3.8, 4) is 11.3 Å². The molecule has 0 bridgehead atoms. The molecule has 0 aliphatic heterocycles. The maximum absolute atomic E-state index is 6.10. The van der Waals surface area contributed by atoms with Crippen LogP contribution in [0.1, 0.15) is 44.3 Å². The first-order valence-corrected chi connectivity index (χ1v) is 8.36. The van der Waals surface area contributed by atoms with Crippen LogP contribution < -0.4 is 5.73 Å². The van der Waals surface area contributed by atoms with Gasteiger partial charge in [-0.15, -0.1) is 0 Å². The van der Waals surface area contributed by atoms with Crippen molar-refractivity contribution in [2.45, 2.75) is 38.5 Å². The van der Waals surface area contributed by atoms with Crippen LogP contribution in [0, 0.1) is 5.92 Å². The fraction of sp³-hybridized carbons (Fsp3) is 0.412. The van der Waals surface area contributed by atoms with Gasteiger partial charge in [0.1, 0.15) is 11.6 Å². The standard InChI is InChI=1S/C17H20BrN3/c1-2-11-8-9-13(10-11)17-20-15(14(18)16(19)21-17)12-6-4-3-5-7-12/h3-7,11,13H,2,8-10H2,1H3,(H2,19,20,21). The number of halogens is 1. The van der Waals surface area contributed by atoms with E-state index in [0.717, 1.165) is 27.5 Å². The first-order valence-electron chi connectivity index (χ1n) is 7.57. The van der Waals surface area contributed by atoms with Crippen molar-refractivity contribution in [2.24, 2.45) is 5.92 Å². The van der Waals surface area contributed by atoms with E-state index in [-0.39, 0.29) is 0 Å². The highest BCUT2D eigenvalue weighted by molar-refractivity contribution is 9.10. The minimum absolute atomic E-state index is 0.452. The molecule has 1 fully saturated rings. The zero-order chi connectivity index (χ0) is 14.8. The first-order chi connectivity index (χ1) is 10.2. The van der Waals surface area contributed by atoms with Crippen molar-refractivity contribution in [1.82, 2.24) is 9.97 Å². The maximum Gasteiger partial charge on any atom is 0.142 e. The minimum atomic E-state index is 0.452. The van der Waals surface area contributed by atoms with E-state index in [9.17, 15) is 0 Å². The lowest BCUT2D eigenvalue weighted by atomic mass is 10.0. The lowest BCUT2D eigenvalue weighted by Crippen LogP contribution is -2.07. The highest BCUT2D eigenvalue weighted by Crippen LogP contribution is 2.40. The molecule has 21 heavy (non-hydrogen) atoms. The van der Waals surface area contributed by atoms with Gasteiger partial charge in [0.15, 0.2) is 0 Å². The van der Waals surface area contributed by atoms with Gasteiger partial charge in [-0.1, -0.05) is 43.7 Å². The van der Waals surface area contributed by atoms with Crippen molar-refractivity contribution in [1.29, 1.82) is 0 Å². The zero-order valence-electron chi connectivity index (χ0n) is 12.2. The van der Waals surface area contributed by atoms with E-state index < -0.39 is 0 Å². The van der Waals surface area contributed by atoms with E-state index in [4.69, 9.17) is 10.7 Å². The van der Waals surface area contributed by atoms with Gasteiger partial charge in [-0.25, -0.2) is 9.97 Å². The Balaban J connectivity index is 1.99. The molecule has 3 rings (SSSR count). The third-order valence-electron chi connectivity index (χ3n) is 4.43. The third kappa shape index (κ3) is 2.95. The van der Waals surface area contributed by atoms with E-state index in [1.165, 1.54) is 25.7 Å². The topological polar surface area (TPSA) is 51.8 Å². The molecule has 0 radical (unpaired) electrons. The number of anilines is 1. The predicted octanol–water partition coefficient (Wildman–Crippen LogP) is 4.78. The third-order valence-corrected chi connectivity index (χ3v) is 5.21. The largest absolute Gasteiger partial charge is 0.383 e. The van der Waals surface area contributed by atoms with Crippen LogP contribution in [0.15, 0.2) is 34.8 Å². The Bertz CT molecular complexity index is 627. The van der Waals surface area contributed by atoms with Gasteiger partial charge >= 0.3 is 0 Å². The summed E-state index contributed by atoms with van der Waals surface area (Å²) in [6, 6.07) is 10.1. The molecule has 2 N–H and O–H groups in total. The van der Waals surface area contributed by atoms with E-state index in [1.807, 2.05) is 18.2 Å². The average molecular weight is 346 g/mol. The van der Waals surface area contributed by atoms with Crippen LogP contribution in [0.2, 0.25) is 0 Å². The Kier molecular flexibility index (Phi) is 4.24. The van der Waals surface area contributed by atoms with Gasteiger partial charge in [0.25, 0.3) is 0 Å². The van der Waals surface area contributed by atoms with Crippen LogP contribution in [-0.2, 0) is 0 Å². The second-order valence-corrected chi connectivity index (χ2v) is 6.57. The molecule has 1 heterocycles. The number of rotatable bonds is 3. The smallest absolute Gasteiger partial charge is 0.142 e. The van der Waals surface area contributed by atoms with Crippen molar-refractivity contribution < 1.29 is 0 Å². The number of benzene rings is 1. The highest BCUT2D eigenvalue weighted by Gasteiger charge is 2.28. The summed E-state index contributed by atoms with van der Waals surface area (Å²) in [5.74, 6) is 2.71. The summed E-state index contributed by atoms with van der Waals surface area (Å²) >= 11 is 3.54. The predicted molar refractivity (Wildman–Crippen MR) is 90.0 cm³/mol. The Morgan fingerprint density at radius 3 is 2.62 bits per heavy atom. The van der Waals surface area contributed by atoms with Crippen LogP contribution in [0.5, 0.6) is 0 Å². The molecule has 0 spiro atoms. The number of nitrogens with zero attached hydrogens (tertiary/aromatic N) is 2. The molecule has 3 nitrogen and oxygen atoms in total. The van der Waals surface area contributed by atoms with Gasteiger partial charge in [-0.2, -0.15) is 0 Å². The van der Waals surface area contributed by atoms with Gasteiger partial charge in [0, 0.05) is 11.5 Å². The van der Waals surface area contributed by atoms with Gasteiger partial charge in [0.05, 0.1) is 10.2 Å². The van der Waals surface area contributed by atoms with Crippen molar-refractivity contribution >= 4 is 21.7 Å². The number of hydrogen-bond donors (Lipinski definition) is 1. The Morgan fingerprint density at radius 1 is 1.19 bits per heavy atom. The molecule has 4 heteroatoms. The molecule has 2 atom stereocenters. The summed E-state index contributed by atoms with van der Waals surface area (Å²) in [7, 11) is 0. The molecule has 1 saturated carbocycles. The molecule has 1 aromatic heterocycles. The Morgan fingerprint density at radius 2 is 1.95 bits per heavy atom. The van der Waals surface area contributed by atoms with Gasteiger partial charge < -0.3 is 5.73 Å². The molecule has 0 saturated heterocycles. The van der Waals surface area contributed by atoms with E-state index in [0.29, 0.717) is 11.7 Å². The normalized spacial score (nSPS) is 21.6. The second-order valence-electron chi connectivity index (χ2n) is 5.78. The van der Waals surface area contributed by atoms with Crippen LogP contribution >= 0.6 is 15.9 Å². The summed E-state index contributed by atoms with van der Waals surface area (Å²) in [6.07, 6.45) is 4.88. The lowest BCUT2D eigenvalue weighted by Gasteiger charge is -2.13. The monoisotopic (exact) mass is 345 g/mol. The molecule has 110 valence electrons. The van der Waals surface area contributed by atoms with E-state index in [1.54, 1.807) is 0 Å². The molecule has 1 aromatic carbocycles. The van der Waals surface area contributed by atoms with Gasteiger partial charge in [-0.05, 0) is 41.1 Å². The number of hydrogen-bond acceptors (Lipinski definition) is 3. The van der Waals surface area contributed by atoms with E-state index >= 15 is 0 Å². The maximum atomic E-state index is 6.10. The summed E-state index contributed by atoms with van der Waals surface area (Å²) in [5.41, 5.74) is 8.07. The van der Waals surface area contributed by atoms with Gasteiger partial charge in [0.2, 0.25) is 0 Å². The summed E-state index contributed by atoms with van der Waals surface area (Å²) < 4.78 is 0.794. The SMILES string of the molecule is CCC1CCC(c2nc(N)c(Br)c(-c3ccccc3)n2)C1. The Hall–Kier alpha value is -1.42. The molecular weight excluding hydrogens is 326 g/mol. The molecule has 2 aromatic rings. The van der Waals surface area contributed by atoms with Crippen LogP contribution in [0.3, 0.4) is 0 Å². The number of nitrogen functional groups attached to an aromatic ring is 1. The summed E-state index contributed by atoms with van der Waals surface area (Å²) in [5, 5.41) is 0.